The number of nitrogens with one attached hydrogen (secondary N) is 2. The average molecular weight is 294 g/mol. The second kappa shape index (κ2) is 7.68. The monoisotopic (exact) mass is 294 g/mol. The van der Waals surface area contributed by atoms with Crippen LogP contribution in [0.2, 0.25) is 0 Å². The topological polar surface area (TPSA) is 104 Å². The van der Waals surface area contributed by atoms with Gasteiger partial charge in [0.15, 0.2) is 0 Å². The highest BCUT2D eigenvalue weighted by Crippen LogP contribution is 2.05. The second-order valence-electron chi connectivity index (χ2n) is 5.32. The van der Waals surface area contributed by atoms with Crippen LogP contribution in [0.5, 0.6) is 0 Å². The normalized spacial score (nSPS) is 15.1. The minimum absolute atomic E-state index is 0.105. The number of hydrogen-bond acceptors (Lipinski definition) is 5. The molecule has 0 saturated carbocycles. The molecule has 0 bridgehead atoms. The fraction of sp³-hybridized carbons (Fsp3) is 0.571. The van der Waals surface area contributed by atoms with Crippen molar-refractivity contribution < 1.29 is 14.7 Å². The molecule has 0 aliphatic heterocycles. The molecule has 116 valence electrons. The van der Waals surface area contributed by atoms with Gasteiger partial charge in [0.2, 0.25) is 5.91 Å². The third-order valence-corrected chi connectivity index (χ3v) is 3.13. The number of carbonyl (C=O) groups excluding carboxylic acids is 2. The number of carbonyl (C=O) groups is 2. The molecule has 0 aromatic carbocycles. The largest absolute Gasteiger partial charge is 0.391 e. The van der Waals surface area contributed by atoms with Gasteiger partial charge < -0.3 is 15.7 Å². The number of aromatic nitrogens is 2. The first-order chi connectivity index (χ1) is 9.82. The van der Waals surface area contributed by atoms with Crippen molar-refractivity contribution in [3.05, 3.63) is 24.3 Å². The summed E-state index contributed by atoms with van der Waals surface area (Å²) in [5.74, 6) is -0.899. The van der Waals surface area contributed by atoms with Gasteiger partial charge in [0.25, 0.3) is 5.91 Å². The number of hydrogen-bond donors (Lipinski definition) is 3. The van der Waals surface area contributed by atoms with Crippen LogP contribution in [0.15, 0.2) is 18.6 Å². The smallest absolute Gasteiger partial charge is 0.272 e. The number of amides is 2. The molecule has 0 radical (unpaired) electrons. The lowest BCUT2D eigenvalue weighted by Gasteiger charge is -2.24. The van der Waals surface area contributed by atoms with E-state index in [0.717, 1.165) is 0 Å². The summed E-state index contributed by atoms with van der Waals surface area (Å²) in [6, 6.07) is -1.10. The number of aliphatic hydroxyl groups is 1. The van der Waals surface area contributed by atoms with E-state index < -0.39 is 24.1 Å². The van der Waals surface area contributed by atoms with E-state index in [4.69, 9.17) is 0 Å². The Balaban J connectivity index is 2.74. The Hall–Kier alpha value is -2.02. The number of rotatable bonds is 6. The highest BCUT2D eigenvalue weighted by molar-refractivity contribution is 5.96. The van der Waals surface area contributed by atoms with Crippen LogP contribution < -0.4 is 10.6 Å². The van der Waals surface area contributed by atoms with Crippen LogP contribution in [0.1, 0.15) is 38.2 Å². The summed E-state index contributed by atoms with van der Waals surface area (Å²) in [6.07, 6.45) is 3.54. The van der Waals surface area contributed by atoms with E-state index in [0.29, 0.717) is 0 Å². The maximum atomic E-state index is 12.2. The molecular formula is C14H22N4O3. The van der Waals surface area contributed by atoms with Crippen molar-refractivity contribution >= 4 is 11.8 Å². The Kier molecular flexibility index (Phi) is 6.23. The minimum atomic E-state index is -0.708. The van der Waals surface area contributed by atoms with Gasteiger partial charge in [-0.25, -0.2) is 4.98 Å². The number of aliphatic hydroxyl groups excluding tert-OH is 1. The maximum absolute atomic E-state index is 12.2. The predicted octanol–water partition coefficient (Wildman–Crippen LogP) is 0.116. The van der Waals surface area contributed by atoms with Gasteiger partial charge in [-0.1, -0.05) is 13.8 Å². The van der Waals surface area contributed by atoms with Crippen molar-refractivity contribution in [2.45, 2.75) is 45.9 Å². The number of nitrogens with zero attached hydrogens (tertiary/aromatic N) is 2. The third kappa shape index (κ3) is 5.11. The SMILES string of the molecule is CC(C)C(NC(=O)c1cnccn1)C(=O)NC(C)C(C)O. The summed E-state index contributed by atoms with van der Waals surface area (Å²) in [4.78, 5) is 31.9. The van der Waals surface area contributed by atoms with Gasteiger partial charge in [-0.15, -0.1) is 0 Å². The van der Waals surface area contributed by atoms with Crippen LogP contribution >= 0.6 is 0 Å². The molecule has 0 saturated heterocycles. The molecule has 2 amide bonds. The highest BCUT2D eigenvalue weighted by atomic mass is 16.3. The summed E-state index contributed by atoms with van der Waals surface area (Å²) in [5.41, 5.74) is 0.152. The molecule has 3 unspecified atom stereocenters. The zero-order valence-electron chi connectivity index (χ0n) is 12.7. The van der Waals surface area contributed by atoms with Crippen LogP contribution in [-0.4, -0.2) is 45.1 Å². The van der Waals surface area contributed by atoms with Crippen molar-refractivity contribution in [3.63, 3.8) is 0 Å². The third-order valence-electron chi connectivity index (χ3n) is 3.13. The predicted molar refractivity (Wildman–Crippen MR) is 77.4 cm³/mol. The van der Waals surface area contributed by atoms with Crippen LogP contribution in [-0.2, 0) is 4.79 Å². The Morgan fingerprint density at radius 1 is 1.14 bits per heavy atom. The van der Waals surface area contributed by atoms with E-state index in [1.54, 1.807) is 13.8 Å². The zero-order chi connectivity index (χ0) is 16.0. The first-order valence-corrected chi connectivity index (χ1v) is 6.88. The maximum Gasteiger partial charge on any atom is 0.272 e. The Morgan fingerprint density at radius 2 is 1.81 bits per heavy atom. The lowest BCUT2D eigenvalue weighted by molar-refractivity contribution is -0.125. The van der Waals surface area contributed by atoms with Crippen LogP contribution in [0.3, 0.4) is 0 Å². The molecule has 1 aromatic heterocycles. The molecule has 0 spiro atoms. The molecule has 3 atom stereocenters. The Labute approximate surface area is 124 Å². The summed E-state index contributed by atoms with van der Waals surface area (Å²) >= 11 is 0. The first kappa shape index (κ1) is 17.0. The van der Waals surface area contributed by atoms with Crippen molar-refractivity contribution in [3.8, 4) is 0 Å². The van der Waals surface area contributed by atoms with E-state index in [2.05, 4.69) is 20.6 Å². The molecule has 1 rings (SSSR count). The first-order valence-electron chi connectivity index (χ1n) is 6.88. The second-order valence-corrected chi connectivity index (χ2v) is 5.32. The highest BCUT2D eigenvalue weighted by Gasteiger charge is 2.26. The molecule has 7 nitrogen and oxygen atoms in total. The van der Waals surface area contributed by atoms with Crippen molar-refractivity contribution in [2.75, 3.05) is 0 Å². The van der Waals surface area contributed by atoms with Crippen LogP contribution in [0.25, 0.3) is 0 Å². The summed E-state index contributed by atoms with van der Waals surface area (Å²) < 4.78 is 0. The van der Waals surface area contributed by atoms with Gasteiger partial charge in [0, 0.05) is 12.4 Å². The molecule has 21 heavy (non-hydrogen) atoms. The summed E-state index contributed by atoms with van der Waals surface area (Å²) in [7, 11) is 0. The summed E-state index contributed by atoms with van der Waals surface area (Å²) in [5, 5.41) is 14.7. The van der Waals surface area contributed by atoms with E-state index in [-0.39, 0.29) is 17.5 Å². The fourth-order valence-electron chi connectivity index (χ4n) is 1.60. The zero-order valence-corrected chi connectivity index (χ0v) is 12.7. The average Bonchev–Trinajstić information content (AvgIpc) is 2.44. The fourth-order valence-corrected chi connectivity index (χ4v) is 1.60. The summed E-state index contributed by atoms with van der Waals surface area (Å²) in [6.45, 7) is 6.94. The van der Waals surface area contributed by atoms with Gasteiger partial charge in [0.05, 0.1) is 18.3 Å². The van der Waals surface area contributed by atoms with Crippen LogP contribution in [0.4, 0.5) is 0 Å². The molecule has 0 aliphatic carbocycles. The van der Waals surface area contributed by atoms with E-state index in [1.165, 1.54) is 18.6 Å². The van der Waals surface area contributed by atoms with Gasteiger partial charge in [-0.2, -0.15) is 0 Å². The van der Waals surface area contributed by atoms with E-state index in [1.807, 2.05) is 13.8 Å². The quantitative estimate of drug-likeness (QED) is 0.691. The van der Waals surface area contributed by atoms with Crippen LogP contribution in [0, 0.1) is 5.92 Å². The van der Waals surface area contributed by atoms with Gasteiger partial charge >= 0.3 is 0 Å². The Bertz CT molecular complexity index is 476. The van der Waals surface area contributed by atoms with E-state index >= 15 is 0 Å². The molecule has 3 N–H and O–H groups in total. The molecular weight excluding hydrogens is 272 g/mol. The van der Waals surface area contributed by atoms with Gasteiger partial charge in [0.1, 0.15) is 11.7 Å². The standard InChI is InChI=1S/C14H22N4O3/c1-8(2)12(14(21)17-9(3)10(4)19)18-13(20)11-7-15-5-6-16-11/h5-10,12,19H,1-4H3,(H,17,21)(H,18,20). The molecule has 1 aromatic rings. The van der Waals surface area contributed by atoms with Crippen molar-refractivity contribution in [2.24, 2.45) is 5.92 Å². The molecule has 7 heteroatoms. The van der Waals surface area contributed by atoms with E-state index in [9.17, 15) is 14.7 Å². The lowest BCUT2D eigenvalue weighted by atomic mass is 10.0. The molecule has 1 heterocycles. The van der Waals surface area contributed by atoms with Gasteiger partial charge in [-0.3, -0.25) is 14.6 Å². The van der Waals surface area contributed by atoms with Crippen molar-refractivity contribution in [1.82, 2.24) is 20.6 Å². The van der Waals surface area contributed by atoms with Gasteiger partial charge in [-0.05, 0) is 19.8 Å². The van der Waals surface area contributed by atoms with Crippen molar-refractivity contribution in [1.29, 1.82) is 0 Å². The lowest BCUT2D eigenvalue weighted by Crippen LogP contribution is -2.53. The Morgan fingerprint density at radius 3 is 2.29 bits per heavy atom. The molecule has 0 fully saturated rings. The molecule has 0 aliphatic rings. The minimum Gasteiger partial charge on any atom is -0.391 e.